The summed E-state index contributed by atoms with van der Waals surface area (Å²) >= 11 is 0. The molecule has 116 valence electrons. The molecule has 21 heavy (non-hydrogen) atoms. The van der Waals surface area contributed by atoms with Crippen molar-refractivity contribution >= 4 is 17.7 Å². The van der Waals surface area contributed by atoms with Gasteiger partial charge in [0.15, 0.2) is 5.78 Å². The summed E-state index contributed by atoms with van der Waals surface area (Å²) in [6.45, 7) is 0. The lowest BCUT2D eigenvalue weighted by molar-refractivity contribution is -0.243. The molecule has 3 rings (SSSR count). The molecule has 0 heterocycles. The van der Waals surface area contributed by atoms with Crippen LogP contribution < -0.4 is 0 Å². The SMILES string of the molecule is COC(=O)C1=CC2C(=O)C(OC)(OC)C1CC2C(=O)OC. The van der Waals surface area contributed by atoms with Crippen molar-refractivity contribution in [2.45, 2.75) is 12.2 Å². The summed E-state index contributed by atoms with van der Waals surface area (Å²) in [6, 6.07) is 0. The fourth-order valence-corrected chi connectivity index (χ4v) is 3.27. The molecular weight excluding hydrogens is 280 g/mol. The average Bonchev–Trinajstić information content (AvgIpc) is 2.53. The summed E-state index contributed by atoms with van der Waals surface area (Å²) in [5.41, 5.74) is 0.297. The highest BCUT2D eigenvalue weighted by atomic mass is 16.7. The Morgan fingerprint density at radius 3 is 2.24 bits per heavy atom. The first-order chi connectivity index (χ1) is 9.96. The molecular formula is C14H18O7. The third kappa shape index (κ3) is 2.08. The molecule has 0 spiro atoms. The zero-order valence-electron chi connectivity index (χ0n) is 12.4. The topological polar surface area (TPSA) is 88.1 Å². The smallest absolute Gasteiger partial charge is 0.333 e. The van der Waals surface area contributed by atoms with Gasteiger partial charge in [0.25, 0.3) is 0 Å². The van der Waals surface area contributed by atoms with Crippen molar-refractivity contribution in [1.29, 1.82) is 0 Å². The number of carbonyl (C=O) groups is 3. The number of hydrogen-bond acceptors (Lipinski definition) is 7. The Kier molecular flexibility index (Phi) is 4.15. The third-order valence-electron chi connectivity index (χ3n) is 4.29. The Labute approximate surface area is 122 Å². The van der Waals surface area contributed by atoms with E-state index in [1.165, 1.54) is 34.5 Å². The number of ketones is 1. The van der Waals surface area contributed by atoms with E-state index in [0.29, 0.717) is 5.57 Å². The summed E-state index contributed by atoms with van der Waals surface area (Å²) in [7, 11) is 5.19. The first kappa shape index (κ1) is 15.7. The largest absolute Gasteiger partial charge is 0.469 e. The van der Waals surface area contributed by atoms with Gasteiger partial charge in [0, 0.05) is 19.8 Å². The summed E-state index contributed by atoms with van der Waals surface area (Å²) in [6.07, 6.45) is 1.70. The van der Waals surface area contributed by atoms with E-state index in [1.54, 1.807) is 0 Å². The maximum Gasteiger partial charge on any atom is 0.333 e. The van der Waals surface area contributed by atoms with Crippen molar-refractivity contribution in [3.63, 3.8) is 0 Å². The van der Waals surface area contributed by atoms with Crippen molar-refractivity contribution in [2.24, 2.45) is 17.8 Å². The highest BCUT2D eigenvalue weighted by Crippen LogP contribution is 2.50. The zero-order chi connectivity index (χ0) is 15.8. The summed E-state index contributed by atoms with van der Waals surface area (Å²) in [5, 5.41) is 0. The number of hydrogen-bond donors (Lipinski definition) is 0. The molecule has 1 saturated carbocycles. The van der Waals surface area contributed by atoms with Crippen molar-refractivity contribution in [3.8, 4) is 0 Å². The monoisotopic (exact) mass is 298 g/mol. The van der Waals surface area contributed by atoms with E-state index in [9.17, 15) is 14.4 Å². The number of Topliss-reactive ketones (excluding diaryl/α,β-unsaturated/α-hetero) is 1. The predicted octanol–water partition coefficient (Wildman–Crippen LogP) is 0.0829. The maximum atomic E-state index is 12.6. The van der Waals surface area contributed by atoms with Crippen LogP contribution in [0.4, 0.5) is 0 Å². The quantitative estimate of drug-likeness (QED) is 0.536. The zero-order valence-corrected chi connectivity index (χ0v) is 12.4. The van der Waals surface area contributed by atoms with Gasteiger partial charge >= 0.3 is 11.9 Å². The van der Waals surface area contributed by atoms with E-state index in [4.69, 9.17) is 18.9 Å². The molecule has 0 N–H and O–H groups in total. The highest BCUT2D eigenvalue weighted by Gasteiger charge is 2.62. The van der Waals surface area contributed by atoms with E-state index >= 15 is 0 Å². The van der Waals surface area contributed by atoms with Crippen molar-refractivity contribution in [2.75, 3.05) is 28.4 Å². The van der Waals surface area contributed by atoms with E-state index < -0.39 is 35.5 Å². The van der Waals surface area contributed by atoms with Crippen LogP contribution in [0.2, 0.25) is 0 Å². The minimum absolute atomic E-state index is 0.228. The molecule has 1 fully saturated rings. The molecule has 0 aromatic heterocycles. The van der Waals surface area contributed by atoms with Gasteiger partial charge in [-0.15, -0.1) is 0 Å². The van der Waals surface area contributed by atoms with Gasteiger partial charge in [-0.05, 0) is 6.42 Å². The molecule has 0 aliphatic heterocycles. The Hall–Kier alpha value is -1.73. The Bertz CT molecular complexity index is 503. The fourth-order valence-electron chi connectivity index (χ4n) is 3.27. The number of fused-ring (bicyclic) bond motifs is 2. The van der Waals surface area contributed by atoms with Gasteiger partial charge in [-0.2, -0.15) is 0 Å². The lowest BCUT2D eigenvalue weighted by Crippen LogP contribution is -2.62. The number of esters is 2. The number of allylic oxidation sites excluding steroid dienone is 1. The molecule has 3 aliphatic carbocycles. The van der Waals surface area contributed by atoms with Crippen molar-refractivity contribution in [1.82, 2.24) is 0 Å². The normalized spacial score (nSPS) is 29.8. The number of carbonyl (C=O) groups excluding carboxylic acids is 3. The Balaban J connectivity index is 2.51. The minimum atomic E-state index is -1.56. The molecule has 3 aliphatic rings. The average molecular weight is 298 g/mol. The van der Waals surface area contributed by atoms with Crippen LogP contribution in [-0.2, 0) is 33.3 Å². The van der Waals surface area contributed by atoms with Crippen LogP contribution in [0.15, 0.2) is 11.6 Å². The van der Waals surface area contributed by atoms with Gasteiger partial charge in [-0.25, -0.2) is 4.79 Å². The van der Waals surface area contributed by atoms with Gasteiger partial charge in [0.1, 0.15) is 0 Å². The predicted molar refractivity (Wildman–Crippen MR) is 69.0 cm³/mol. The Morgan fingerprint density at radius 1 is 1.14 bits per heavy atom. The van der Waals surface area contributed by atoms with Crippen LogP contribution in [0.5, 0.6) is 0 Å². The maximum absolute atomic E-state index is 12.6. The van der Waals surface area contributed by atoms with Gasteiger partial charge in [-0.3, -0.25) is 9.59 Å². The van der Waals surface area contributed by atoms with Crippen LogP contribution >= 0.6 is 0 Å². The van der Waals surface area contributed by atoms with Crippen LogP contribution in [-0.4, -0.2) is 51.9 Å². The van der Waals surface area contributed by atoms with Crippen molar-refractivity contribution < 1.29 is 33.3 Å². The van der Waals surface area contributed by atoms with Gasteiger partial charge in [0.05, 0.1) is 32.0 Å². The van der Waals surface area contributed by atoms with E-state index in [1.807, 2.05) is 0 Å². The summed E-state index contributed by atoms with van der Waals surface area (Å²) < 4.78 is 20.0. The molecule has 2 bridgehead atoms. The summed E-state index contributed by atoms with van der Waals surface area (Å²) in [4.78, 5) is 36.3. The van der Waals surface area contributed by atoms with Gasteiger partial charge in [0.2, 0.25) is 5.79 Å². The van der Waals surface area contributed by atoms with E-state index in [-0.39, 0.29) is 12.2 Å². The fraction of sp³-hybridized carbons (Fsp3) is 0.643. The lowest BCUT2D eigenvalue weighted by atomic mass is 9.61. The molecule has 7 nitrogen and oxygen atoms in total. The molecule has 0 radical (unpaired) electrons. The number of methoxy groups -OCH3 is 4. The molecule has 0 aromatic rings. The standard InChI is InChI=1S/C14H18O7/c1-18-12(16)8-6-10-9(13(17)19-2)5-7(8)11(15)14(10,20-3)21-4/h5,7-8,10H,6H2,1-4H3. The van der Waals surface area contributed by atoms with Gasteiger partial charge < -0.3 is 18.9 Å². The minimum Gasteiger partial charge on any atom is -0.469 e. The van der Waals surface area contributed by atoms with Gasteiger partial charge in [-0.1, -0.05) is 6.08 Å². The second kappa shape index (κ2) is 5.57. The first-order valence-electron chi connectivity index (χ1n) is 6.49. The second-order valence-electron chi connectivity index (χ2n) is 5.00. The molecule has 3 unspecified atom stereocenters. The highest BCUT2D eigenvalue weighted by molar-refractivity contribution is 6.02. The van der Waals surface area contributed by atoms with Crippen LogP contribution in [0.1, 0.15) is 6.42 Å². The Morgan fingerprint density at radius 2 is 1.76 bits per heavy atom. The number of ether oxygens (including phenoxy) is 4. The molecule has 0 aromatic carbocycles. The lowest BCUT2D eigenvalue weighted by Gasteiger charge is -2.48. The third-order valence-corrected chi connectivity index (χ3v) is 4.29. The first-order valence-corrected chi connectivity index (χ1v) is 6.49. The van der Waals surface area contributed by atoms with Crippen molar-refractivity contribution in [3.05, 3.63) is 11.6 Å². The van der Waals surface area contributed by atoms with Crippen LogP contribution in [0.3, 0.4) is 0 Å². The van der Waals surface area contributed by atoms with Crippen LogP contribution in [0, 0.1) is 17.8 Å². The van der Waals surface area contributed by atoms with E-state index in [0.717, 1.165) is 0 Å². The molecule has 0 saturated heterocycles. The summed E-state index contributed by atoms with van der Waals surface area (Å²) in [5.74, 6) is -5.16. The molecule has 0 amide bonds. The van der Waals surface area contributed by atoms with E-state index in [2.05, 4.69) is 0 Å². The molecule has 7 heteroatoms. The molecule has 3 atom stereocenters. The number of rotatable bonds is 4. The van der Waals surface area contributed by atoms with Crippen LogP contribution in [0.25, 0.3) is 0 Å². The second-order valence-corrected chi connectivity index (χ2v) is 5.00.